The molecule has 6 heteroatoms. The molecule has 2 rings (SSSR count). The van der Waals surface area contributed by atoms with Crippen LogP contribution in [0.15, 0.2) is 54.6 Å². The van der Waals surface area contributed by atoms with Crippen molar-refractivity contribution in [2.45, 2.75) is 6.04 Å². The number of likely N-dealkylation sites (N-methyl/N-ethyl adjacent to an activating group) is 2. The van der Waals surface area contributed by atoms with Crippen LogP contribution in [0.3, 0.4) is 0 Å². The summed E-state index contributed by atoms with van der Waals surface area (Å²) in [6.07, 6.45) is 0. The van der Waals surface area contributed by atoms with E-state index in [1.54, 1.807) is 27.2 Å². The van der Waals surface area contributed by atoms with E-state index in [-0.39, 0.29) is 18.4 Å². The van der Waals surface area contributed by atoms with Gasteiger partial charge in [0, 0.05) is 25.3 Å². The number of hydrogen-bond donors (Lipinski definition) is 2. The van der Waals surface area contributed by atoms with E-state index in [4.69, 9.17) is 0 Å². The number of carbonyl (C=O) groups is 2. The molecule has 0 fully saturated rings. The van der Waals surface area contributed by atoms with E-state index in [2.05, 4.69) is 5.32 Å². The standard InChI is InChI=1S/C19H22FN3O2/c1-22(2)19(25)18(14-8-5-4-6-9-14)23(3)13-17(24)21-16-11-7-10-15(20)12-16/h4-12,18H,13H2,1-3H3,(H,21,24)/p+1/t18-/m1/s1. The molecule has 5 nitrogen and oxygen atoms in total. The number of amides is 2. The number of quaternary nitrogens is 1. The lowest BCUT2D eigenvalue weighted by Gasteiger charge is -2.26. The topological polar surface area (TPSA) is 53.9 Å². The maximum Gasteiger partial charge on any atom is 0.285 e. The predicted octanol–water partition coefficient (Wildman–Crippen LogP) is 1.11. The number of anilines is 1. The summed E-state index contributed by atoms with van der Waals surface area (Å²) < 4.78 is 13.2. The average Bonchev–Trinajstić information content (AvgIpc) is 2.55. The van der Waals surface area contributed by atoms with Gasteiger partial charge in [-0.1, -0.05) is 36.4 Å². The number of rotatable bonds is 6. The van der Waals surface area contributed by atoms with E-state index in [9.17, 15) is 14.0 Å². The van der Waals surface area contributed by atoms with Gasteiger partial charge in [-0.05, 0) is 18.2 Å². The van der Waals surface area contributed by atoms with E-state index in [1.165, 1.54) is 23.1 Å². The minimum Gasteiger partial charge on any atom is -0.343 e. The van der Waals surface area contributed by atoms with Crippen molar-refractivity contribution < 1.29 is 18.9 Å². The van der Waals surface area contributed by atoms with Crippen LogP contribution >= 0.6 is 0 Å². The lowest BCUT2D eigenvalue weighted by molar-refractivity contribution is -0.894. The Balaban J connectivity index is 2.12. The zero-order chi connectivity index (χ0) is 18.4. The number of nitrogens with zero attached hydrogens (tertiary/aromatic N) is 1. The average molecular weight is 344 g/mol. The van der Waals surface area contributed by atoms with Crippen LogP contribution in [0.4, 0.5) is 10.1 Å². The fourth-order valence-electron chi connectivity index (χ4n) is 2.67. The Morgan fingerprint density at radius 2 is 1.80 bits per heavy atom. The Morgan fingerprint density at radius 3 is 2.40 bits per heavy atom. The molecule has 0 aliphatic heterocycles. The Labute approximate surface area is 147 Å². The van der Waals surface area contributed by atoms with Gasteiger partial charge in [0.25, 0.3) is 11.8 Å². The molecule has 2 aromatic rings. The SMILES string of the molecule is CN(C)C(=O)[C@@H](c1ccccc1)[NH+](C)CC(=O)Nc1cccc(F)c1. The summed E-state index contributed by atoms with van der Waals surface area (Å²) in [6, 6.07) is 14.6. The van der Waals surface area contributed by atoms with Gasteiger partial charge in [0.05, 0.1) is 7.05 Å². The molecule has 0 aliphatic rings. The molecule has 2 atom stereocenters. The van der Waals surface area contributed by atoms with Gasteiger partial charge >= 0.3 is 0 Å². The van der Waals surface area contributed by atoms with E-state index in [1.807, 2.05) is 30.3 Å². The molecule has 2 aromatic carbocycles. The second-order valence-electron chi connectivity index (χ2n) is 6.16. The molecule has 132 valence electrons. The number of nitrogens with one attached hydrogen (secondary N) is 2. The number of benzene rings is 2. The summed E-state index contributed by atoms with van der Waals surface area (Å²) in [5.41, 5.74) is 1.24. The van der Waals surface area contributed by atoms with Crippen LogP contribution in [0.25, 0.3) is 0 Å². The summed E-state index contributed by atoms with van der Waals surface area (Å²) in [5, 5.41) is 2.66. The highest BCUT2D eigenvalue weighted by Crippen LogP contribution is 2.12. The highest BCUT2D eigenvalue weighted by molar-refractivity contribution is 5.91. The molecular weight excluding hydrogens is 321 g/mol. The molecule has 0 bridgehead atoms. The third kappa shape index (κ3) is 5.12. The van der Waals surface area contributed by atoms with Crippen LogP contribution in [0.2, 0.25) is 0 Å². The molecule has 0 radical (unpaired) electrons. The summed E-state index contributed by atoms with van der Waals surface area (Å²) in [7, 11) is 5.18. The van der Waals surface area contributed by atoms with Crippen LogP contribution in [0.1, 0.15) is 11.6 Å². The van der Waals surface area contributed by atoms with Crippen LogP contribution in [-0.2, 0) is 9.59 Å². The van der Waals surface area contributed by atoms with E-state index in [0.717, 1.165) is 10.5 Å². The second kappa shape index (κ2) is 8.39. The van der Waals surface area contributed by atoms with Crippen molar-refractivity contribution in [3.05, 3.63) is 66.0 Å². The Bertz CT molecular complexity index is 734. The molecule has 0 heterocycles. The maximum absolute atomic E-state index is 13.2. The molecule has 0 saturated heterocycles. The summed E-state index contributed by atoms with van der Waals surface area (Å²) in [6.45, 7) is 0.0790. The lowest BCUT2D eigenvalue weighted by Crippen LogP contribution is -3.11. The zero-order valence-corrected chi connectivity index (χ0v) is 14.6. The first-order chi connectivity index (χ1) is 11.9. The molecule has 0 spiro atoms. The van der Waals surface area contributed by atoms with Crippen LogP contribution in [0.5, 0.6) is 0 Å². The van der Waals surface area contributed by atoms with Crippen molar-refractivity contribution in [1.29, 1.82) is 0 Å². The third-order valence-electron chi connectivity index (χ3n) is 3.86. The van der Waals surface area contributed by atoms with Crippen molar-refractivity contribution in [2.24, 2.45) is 0 Å². The predicted molar refractivity (Wildman–Crippen MR) is 94.7 cm³/mol. The Kier molecular flexibility index (Phi) is 6.25. The summed E-state index contributed by atoms with van der Waals surface area (Å²) in [4.78, 5) is 27.1. The number of carbonyl (C=O) groups excluding carboxylic acids is 2. The monoisotopic (exact) mass is 344 g/mol. The fourth-order valence-corrected chi connectivity index (χ4v) is 2.67. The minimum atomic E-state index is -0.491. The fraction of sp³-hybridized carbons (Fsp3) is 0.263. The normalized spacial score (nSPS) is 13.0. The third-order valence-corrected chi connectivity index (χ3v) is 3.86. The Hall–Kier alpha value is -2.73. The number of halogens is 1. The molecule has 0 saturated carbocycles. The van der Waals surface area contributed by atoms with Crippen molar-refractivity contribution in [3.8, 4) is 0 Å². The van der Waals surface area contributed by atoms with Gasteiger partial charge in [-0.2, -0.15) is 0 Å². The van der Waals surface area contributed by atoms with Gasteiger partial charge in [0.1, 0.15) is 5.82 Å². The van der Waals surface area contributed by atoms with Gasteiger partial charge in [0.2, 0.25) is 0 Å². The first kappa shape index (κ1) is 18.6. The van der Waals surface area contributed by atoms with Gasteiger partial charge < -0.3 is 15.1 Å². The quantitative estimate of drug-likeness (QED) is 0.825. The highest BCUT2D eigenvalue weighted by Gasteiger charge is 2.31. The molecule has 25 heavy (non-hydrogen) atoms. The van der Waals surface area contributed by atoms with Crippen molar-refractivity contribution in [1.82, 2.24) is 4.90 Å². The van der Waals surface area contributed by atoms with Gasteiger partial charge in [-0.25, -0.2) is 4.39 Å². The van der Waals surface area contributed by atoms with Crippen LogP contribution in [-0.4, -0.2) is 44.4 Å². The lowest BCUT2D eigenvalue weighted by atomic mass is 10.0. The van der Waals surface area contributed by atoms with Crippen molar-refractivity contribution >= 4 is 17.5 Å². The smallest absolute Gasteiger partial charge is 0.285 e. The van der Waals surface area contributed by atoms with Gasteiger partial charge in [-0.3, -0.25) is 9.59 Å². The van der Waals surface area contributed by atoms with Gasteiger partial charge in [0.15, 0.2) is 12.6 Å². The molecule has 2 amide bonds. The molecule has 0 aliphatic carbocycles. The summed E-state index contributed by atoms with van der Waals surface area (Å²) in [5.74, 6) is -0.777. The molecular formula is C19H23FN3O2+. The summed E-state index contributed by atoms with van der Waals surface area (Å²) >= 11 is 0. The van der Waals surface area contributed by atoms with Crippen LogP contribution in [0, 0.1) is 5.82 Å². The molecule has 1 unspecified atom stereocenters. The van der Waals surface area contributed by atoms with Crippen molar-refractivity contribution in [2.75, 3.05) is 33.0 Å². The van der Waals surface area contributed by atoms with E-state index < -0.39 is 11.9 Å². The van der Waals surface area contributed by atoms with Crippen LogP contribution < -0.4 is 10.2 Å². The van der Waals surface area contributed by atoms with Crippen molar-refractivity contribution in [3.63, 3.8) is 0 Å². The zero-order valence-electron chi connectivity index (χ0n) is 14.6. The Morgan fingerprint density at radius 1 is 1.12 bits per heavy atom. The molecule has 0 aromatic heterocycles. The van der Waals surface area contributed by atoms with Gasteiger partial charge in [-0.15, -0.1) is 0 Å². The maximum atomic E-state index is 13.2. The number of hydrogen-bond acceptors (Lipinski definition) is 2. The minimum absolute atomic E-state index is 0.0790. The highest BCUT2D eigenvalue weighted by atomic mass is 19.1. The largest absolute Gasteiger partial charge is 0.343 e. The van der Waals surface area contributed by atoms with E-state index >= 15 is 0 Å². The first-order valence-corrected chi connectivity index (χ1v) is 8.02. The van der Waals surface area contributed by atoms with E-state index in [0.29, 0.717) is 5.69 Å². The molecule has 2 N–H and O–H groups in total. The first-order valence-electron chi connectivity index (χ1n) is 8.02. The second-order valence-corrected chi connectivity index (χ2v) is 6.16.